The first-order valence-electron chi connectivity index (χ1n) is 6.56. The summed E-state index contributed by atoms with van der Waals surface area (Å²) in [5.41, 5.74) is 0.847. The van der Waals surface area contributed by atoms with E-state index in [0.717, 1.165) is 23.5 Å². The predicted molar refractivity (Wildman–Crippen MR) is 75.4 cm³/mol. The van der Waals surface area contributed by atoms with Crippen LogP contribution in [0.3, 0.4) is 0 Å². The molecule has 1 aliphatic rings. The second-order valence-corrected chi connectivity index (χ2v) is 6.01. The highest BCUT2D eigenvalue weighted by Crippen LogP contribution is 2.34. The lowest BCUT2D eigenvalue weighted by atomic mass is 9.80. The van der Waals surface area contributed by atoms with Crippen molar-refractivity contribution in [3.8, 4) is 0 Å². The molecule has 2 N–H and O–H groups in total. The number of amides is 2. The van der Waals surface area contributed by atoms with Crippen molar-refractivity contribution in [2.75, 3.05) is 13.7 Å². The molecule has 1 aromatic heterocycles. The molecule has 6 heteroatoms. The lowest BCUT2D eigenvalue weighted by Crippen LogP contribution is -2.51. The van der Waals surface area contributed by atoms with Gasteiger partial charge in [-0.15, -0.1) is 11.3 Å². The maximum atomic E-state index is 11.8. The van der Waals surface area contributed by atoms with Crippen molar-refractivity contribution in [2.45, 2.75) is 44.8 Å². The molecule has 0 aromatic carbocycles. The first-order chi connectivity index (χ1) is 9.04. The fourth-order valence-corrected chi connectivity index (χ4v) is 2.95. The van der Waals surface area contributed by atoms with Crippen LogP contribution in [0.1, 0.15) is 42.9 Å². The molecule has 19 heavy (non-hydrogen) atoms. The third-order valence-corrected chi connectivity index (χ3v) is 4.77. The second-order valence-electron chi connectivity index (χ2n) is 5.12. The van der Waals surface area contributed by atoms with Crippen LogP contribution in [0, 0.1) is 6.92 Å². The van der Waals surface area contributed by atoms with Gasteiger partial charge >= 0.3 is 6.03 Å². The second kappa shape index (κ2) is 5.88. The van der Waals surface area contributed by atoms with Gasteiger partial charge in [-0.05, 0) is 33.1 Å². The summed E-state index contributed by atoms with van der Waals surface area (Å²) in [4.78, 5) is 16.2. The number of carbonyl (C=O) groups excluding carboxylic acids is 1. The number of hydrogen-bond acceptors (Lipinski definition) is 4. The van der Waals surface area contributed by atoms with Crippen molar-refractivity contribution in [3.63, 3.8) is 0 Å². The molecule has 0 aliphatic heterocycles. The van der Waals surface area contributed by atoms with E-state index in [1.165, 1.54) is 6.42 Å². The van der Waals surface area contributed by atoms with Gasteiger partial charge in [0, 0.05) is 24.7 Å². The highest BCUT2D eigenvalue weighted by atomic mass is 32.1. The average Bonchev–Trinajstić information content (AvgIpc) is 2.75. The van der Waals surface area contributed by atoms with Gasteiger partial charge in [-0.3, -0.25) is 0 Å². The van der Waals surface area contributed by atoms with E-state index in [0.29, 0.717) is 6.54 Å². The molecule has 1 unspecified atom stereocenters. The molecule has 1 aromatic rings. The van der Waals surface area contributed by atoms with Crippen molar-refractivity contribution in [1.29, 1.82) is 0 Å². The zero-order chi connectivity index (χ0) is 13.9. The first kappa shape index (κ1) is 14.3. The number of carbonyl (C=O) groups is 1. The van der Waals surface area contributed by atoms with Crippen LogP contribution in [0.25, 0.3) is 0 Å². The Kier molecular flexibility index (Phi) is 4.42. The molecule has 0 radical (unpaired) electrons. The van der Waals surface area contributed by atoms with E-state index >= 15 is 0 Å². The van der Waals surface area contributed by atoms with Crippen molar-refractivity contribution in [3.05, 3.63) is 16.1 Å². The molecule has 1 aliphatic carbocycles. The van der Waals surface area contributed by atoms with Gasteiger partial charge in [0.1, 0.15) is 5.01 Å². The highest BCUT2D eigenvalue weighted by Gasteiger charge is 2.37. The Bertz CT molecular complexity index is 437. The zero-order valence-electron chi connectivity index (χ0n) is 11.7. The van der Waals surface area contributed by atoms with Gasteiger partial charge in [-0.25, -0.2) is 9.78 Å². The van der Waals surface area contributed by atoms with Crippen molar-refractivity contribution in [2.24, 2.45) is 0 Å². The van der Waals surface area contributed by atoms with Crippen molar-refractivity contribution in [1.82, 2.24) is 15.6 Å². The number of rotatable bonds is 5. The summed E-state index contributed by atoms with van der Waals surface area (Å²) in [7, 11) is 1.71. The van der Waals surface area contributed by atoms with Crippen LogP contribution in [0.5, 0.6) is 0 Å². The molecule has 5 nitrogen and oxygen atoms in total. The summed E-state index contributed by atoms with van der Waals surface area (Å²) < 4.78 is 5.46. The molecule has 1 atom stereocenters. The average molecular weight is 283 g/mol. The summed E-state index contributed by atoms with van der Waals surface area (Å²) in [6, 6.07) is -0.234. The van der Waals surface area contributed by atoms with E-state index in [2.05, 4.69) is 15.6 Å². The van der Waals surface area contributed by atoms with Gasteiger partial charge in [0.05, 0.1) is 11.6 Å². The number of nitrogens with one attached hydrogen (secondary N) is 2. The number of ether oxygens (including phenoxy) is 1. The molecule has 2 rings (SSSR count). The Labute approximate surface area is 117 Å². The van der Waals surface area contributed by atoms with Gasteiger partial charge in [0.2, 0.25) is 0 Å². The van der Waals surface area contributed by atoms with Gasteiger partial charge in [-0.1, -0.05) is 0 Å². The minimum absolute atomic E-state index is 0.0708. The Balaban J connectivity index is 1.78. The van der Waals surface area contributed by atoms with Crippen LogP contribution < -0.4 is 10.6 Å². The lowest BCUT2D eigenvalue weighted by molar-refractivity contribution is -0.0674. The summed E-state index contributed by atoms with van der Waals surface area (Å²) in [6.45, 7) is 4.46. The topological polar surface area (TPSA) is 63.2 Å². The monoisotopic (exact) mass is 283 g/mol. The Hall–Kier alpha value is -1.14. The smallest absolute Gasteiger partial charge is 0.315 e. The number of nitrogens with zero attached hydrogens (tertiary/aromatic N) is 1. The Morgan fingerprint density at radius 3 is 2.84 bits per heavy atom. The quantitative estimate of drug-likeness (QED) is 0.872. The van der Waals surface area contributed by atoms with E-state index in [1.807, 2.05) is 19.2 Å². The fraction of sp³-hybridized carbons (Fsp3) is 0.692. The van der Waals surface area contributed by atoms with Crippen LogP contribution >= 0.6 is 11.3 Å². The van der Waals surface area contributed by atoms with E-state index in [9.17, 15) is 4.79 Å². The molecule has 106 valence electrons. The van der Waals surface area contributed by atoms with Gasteiger partial charge in [0.15, 0.2) is 0 Å². The maximum Gasteiger partial charge on any atom is 0.315 e. The molecule has 2 amide bonds. The summed E-state index contributed by atoms with van der Waals surface area (Å²) >= 11 is 1.57. The van der Waals surface area contributed by atoms with Crippen LogP contribution in [0.15, 0.2) is 5.38 Å². The molecule has 1 saturated carbocycles. The molecular formula is C13H21N3O2S. The van der Waals surface area contributed by atoms with Crippen LogP contribution in [0.4, 0.5) is 4.79 Å². The number of hydrogen-bond donors (Lipinski definition) is 2. The Morgan fingerprint density at radius 2 is 2.37 bits per heavy atom. The fourth-order valence-electron chi connectivity index (χ4n) is 2.15. The minimum Gasteiger partial charge on any atom is -0.376 e. The van der Waals surface area contributed by atoms with Gasteiger partial charge in [-0.2, -0.15) is 0 Å². The third-order valence-electron chi connectivity index (χ3n) is 3.62. The van der Waals surface area contributed by atoms with Crippen LogP contribution in [0.2, 0.25) is 0 Å². The molecule has 1 fully saturated rings. The number of methoxy groups -OCH3 is 1. The van der Waals surface area contributed by atoms with Crippen LogP contribution in [-0.2, 0) is 4.74 Å². The normalized spacial score (nSPS) is 18.5. The number of aromatic nitrogens is 1. The lowest BCUT2D eigenvalue weighted by Gasteiger charge is -2.40. The third kappa shape index (κ3) is 3.45. The largest absolute Gasteiger partial charge is 0.376 e. The molecule has 0 saturated heterocycles. The van der Waals surface area contributed by atoms with E-state index in [1.54, 1.807) is 18.4 Å². The van der Waals surface area contributed by atoms with Gasteiger partial charge < -0.3 is 15.4 Å². The number of urea groups is 1. The number of thiazole rings is 1. The van der Waals surface area contributed by atoms with Crippen molar-refractivity contribution < 1.29 is 9.53 Å². The van der Waals surface area contributed by atoms with E-state index < -0.39 is 0 Å². The van der Waals surface area contributed by atoms with E-state index in [4.69, 9.17) is 4.74 Å². The minimum atomic E-state index is -0.163. The number of aryl methyl sites for hydroxylation is 1. The highest BCUT2D eigenvalue weighted by molar-refractivity contribution is 7.09. The maximum absolute atomic E-state index is 11.8. The summed E-state index contributed by atoms with van der Waals surface area (Å²) in [5.74, 6) is 0. The predicted octanol–water partition coefficient (Wildman–Crippen LogP) is 2.38. The summed E-state index contributed by atoms with van der Waals surface area (Å²) in [6.07, 6.45) is 3.21. The zero-order valence-corrected chi connectivity index (χ0v) is 12.5. The van der Waals surface area contributed by atoms with Gasteiger partial charge in [0.25, 0.3) is 0 Å². The van der Waals surface area contributed by atoms with Crippen molar-refractivity contribution >= 4 is 17.4 Å². The first-order valence-corrected chi connectivity index (χ1v) is 7.44. The summed E-state index contributed by atoms with van der Waals surface area (Å²) in [5, 5.41) is 8.70. The van der Waals surface area contributed by atoms with E-state index in [-0.39, 0.29) is 17.7 Å². The standard InChI is InChI=1S/C13H21N3O2S/c1-9-7-19-11(15-9)10(2)16-12(17)14-8-13(18-3)5-4-6-13/h7,10H,4-6,8H2,1-3H3,(H2,14,16,17). The molecule has 1 heterocycles. The molecular weight excluding hydrogens is 262 g/mol. The molecule has 0 bridgehead atoms. The van der Waals surface area contributed by atoms with Crippen LogP contribution in [-0.4, -0.2) is 30.3 Å². The SMILES string of the molecule is COC1(CNC(=O)NC(C)c2nc(C)cs2)CCC1. The Morgan fingerprint density at radius 1 is 1.63 bits per heavy atom. The molecule has 0 spiro atoms.